The molecular weight excluding hydrogens is 458 g/mol. The number of thioether (sulfide) groups is 1. The number of amides is 2. The van der Waals surface area contributed by atoms with Crippen LogP contribution in [0.3, 0.4) is 0 Å². The fourth-order valence-electron chi connectivity index (χ4n) is 3.37. The van der Waals surface area contributed by atoms with Crippen LogP contribution in [0.25, 0.3) is 0 Å². The zero-order valence-electron chi connectivity index (χ0n) is 18.2. The van der Waals surface area contributed by atoms with Crippen molar-refractivity contribution in [3.63, 3.8) is 0 Å². The van der Waals surface area contributed by atoms with Gasteiger partial charge in [0.1, 0.15) is 0 Å². The number of nitrogens with one attached hydrogen (secondary N) is 3. The lowest BCUT2D eigenvalue weighted by atomic mass is 10.1. The van der Waals surface area contributed by atoms with Gasteiger partial charge in [0.15, 0.2) is 4.34 Å². The van der Waals surface area contributed by atoms with Gasteiger partial charge in [-0.25, -0.2) is 0 Å². The summed E-state index contributed by atoms with van der Waals surface area (Å²) in [6.07, 6.45) is 2.37. The number of benzene rings is 2. The predicted octanol–water partition coefficient (Wildman–Crippen LogP) is 4.42. The minimum atomic E-state index is -0.282. The first-order valence-electron chi connectivity index (χ1n) is 10.7. The molecule has 1 aliphatic heterocycles. The smallest absolute Gasteiger partial charge is 0.257 e. The molecule has 172 valence electrons. The summed E-state index contributed by atoms with van der Waals surface area (Å²) in [7, 11) is 0. The lowest BCUT2D eigenvalue weighted by molar-refractivity contribution is -0.113. The summed E-state index contributed by atoms with van der Waals surface area (Å²) in [6.45, 7) is 3.49. The largest absolute Gasteiger partial charge is 0.376 e. The molecule has 3 aromatic rings. The molecule has 1 aliphatic rings. The van der Waals surface area contributed by atoms with Crippen molar-refractivity contribution in [3.05, 3.63) is 59.7 Å². The van der Waals surface area contributed by atoms with Gasteiger partial charge in [-0.3, -0.25) is 9.59 Å². The molecule has 8 nitrogen and oxygen atoms in total. The number of anilines is 3. The molecule has 1 fully saturated rings. The number of carbonyl (C=O) groups is 2. The lowest BCUT2D eigenvalue weighted by Crippen LogP contribution is -2.19. The molecule has 1 saturated heterocycles. The number of rotatable bonds is 9. The second-order valence-electron chi connectivity index (χ2n) is 7.60. The first-order chi connectivity index (χ1) is 16.1. The second-order valence-corrected chi connectivity index (χ2v) is 9.80. The highest BCUT2D eigenvalue weighted by Crippen LogP contribution is 2.26. The number of nitrogens with zero attached hydrogens (tertiary/aromatic N) is 2. The van der Waals surface area contributed by atoms with Crippen molar-refractivity contribution in [2.24, 2.45) is 0 Å². The van der Waals surface area contributed by atoms with Crippen molar-refractivity contribution >= 4 is 51.4 Å². The number of hydrogen-bond donors (Lipinski definition) is 3. The van der Waals surface area contributed by atoms with E-state index in [1.807, 2.05) is 31.2 Å². The van der Waals surface area contributed by atoms with Crippen molar-refractivity contribution in [2.45, 2.75) is 30.2 Å². The molecule has 0 spiro atoms. The second kappa shape index (κ2) is 11.3. The van der Waals surface area contributed by atoms with Gasteiger partial charge in [0, 0.05) is 18.8 Å². The van der Waals surface area contributed by atoms with Crippen molar-refractivity contribution in [3.8, 4) is 0 Å². The molecule has 0 radical (unpaired) electrons. The number of carbonyl (C=O) groups excluding carboxylic acids is 2. The Labute approximate surface area is 200 Å². The van der Waals surface area contributed by atoms with Crippen LogP contribution in [0.1, 0.15) is 28.8 Å². The van der Waals surface area contributed by atoms with Crippen LogP contribution in [0.4, 0.5) is 16.5 Å². The van der Waals surface area contributed by atoms with Crippen LogP contribution in [0, 0.1) is 6.92 Å². The predicted molar refractivity (Wildman–Crippen MR) is 132 cm³/mol. The average molecular weight is 484 g/mol. The Balaban J connectivity index is 1.29. The topological polar surface area (TPSA) is 105 Å². The molecule has 10 heteroatoms. The Kier molecular flexibility index (Phi) is 7.92. The third-order valence-electron chi connectivity index (χ3n) is 4.96. The minimum Gasteiger partial charge on any atom is -0.376 e. The van der Waals surface area contributed by atoms with Crippen LogP contribution in [0.5, 0.6) is 0 Å². The van der Waals surface area contributed by atoms with E-state index in [1.54, 1.807) is 24.3 Å². The van der Waals surface area contributed by atoms with E-state index in [0.29, 0.717) is 33.0 Å². The Morgan fingerprint density at radius 3 is 2.85 bits per heavy atom. The standard InChI is InChI=1S/C23H25N5O3S2/c1-15-6-4-7-16(12-15)25-21(30)18-9-2-3-10-19(18)26-20(29)14-32-23-28-27-22(33-23)24-13-17-8-5-11-31-17/h2-4,6-7,9-10,12,17H,5,8,11,13-14H2,1H3,(H,24,27)(H,25,30)(H,26,29)/t17-/m1/s1. The Bertz CT molecular complexity index is 1110. The molecule has 1 aromatic heterocycles. The van der Waals surface area contributed by atoms with Gasteiger partial charge in [0.2, 0.25) is 11.0 Å². The first kappa shape index (κ1) is 23.2. The number of hydrogen-bond acceptors (Lipinski definition) is 8. The number of aryl methyl sites for hydroxylation is 1. The Morgan fingerprint density at radius 2 is 2.03 bits per heavy atom. The van der Waals surface area contributed by atoms with Crippen molar-refractivity contribution in [1.82, 2.24) is 10.2 Å². The van der Waals surface area contributed by atoms with E-state index in [9.17, 15) is 9.59 Å². The highest BCUT2D eigenvalue weighted by atomic mass is 32.2. The molecule has 33 heavy (non-hydrogen) atoms. The van der Waals surface area contributed by atoms with Crippen molar-refractivity contribution in [1.29, 1.82) is 0 Å². The van der Waals surface area contributed by atoms with E-state index in [4.69, 9.17) is 4.74 Å². The van der Waals surface area contributed by atoms with Gasteiger partial charge >= 0.3 is 0 Å². The monoisotopic (exact) mass is 483 g/mol. The van der Waals surface area contributed by atoms with E-state index in [2.05, 4.69) is 26.1 Å². The Morgan fingerprint density at radius 1 is 1.15 bits per heavy atom. The third-order valence-corrected chi connectivity index (χ3v) is 6.97. The molecule has 0 aliphatic carbocycles. The van der Waals surface area contributed by atoms with Crippen LogP contribution >= 0.6 is 23.1 Å². The molecule has 2 heterocycles. The fourth-order valence-corrected chi connectivity index (χ4v) is 4.93. The maximum absolute atomic E-state index is 12.8. The van der Waals surface area contributed by atoms with Gasteiger partial charge in [0.25, 0.3) is 5.91 Å². The first-order valence-corrected chi connectivity index (χ1v) is 12.5. The highest BCUT2D eigenvalue weighted by molar-refractivity contribution is 8.01. The minimum absolute atomic E-state index is 0.161. The maximum atomic E-state index is 12.8. The van der Waals surface area contributed by atoms with Gasteiger partial charge in [-0.05, 0) is 49.6 Å². The molecular formula is C23H25N5O3S2. The van der Waals surface area contributed by atoms with Crippen LogP contribution in [-0.4, -0.2) is 47.0 Å². The van der Waals surface area contributed by atoms with Gasteiger partial charge in [-0.15, -0.1) is 10.2 Å². The quantitative estimate of drug-likeness (QED) is 0.387. The van der Waals surface area contributed by atoms with Crippen molar-refractivity contribution < 1.29 is 14.3 Å². The molecule has 0 bridgehead atoms. The zero-order chi connectivity index (χ0) is 23.0. The summed E-state index contributed by atoms with van der Waals surface area (Å²) in [5, 5.41) is 17.9. The van der Waals surface area contributed by atoms with Gasteiger partial charge < -0.3 is 20.7 Å². The summed E-state index contributed by atoms with van der Waals surface area (Å²) in [4.78, 5) is 25.3. The normalized spacial score (nSPS) is 15.2. The number of ether oxygens (including phenoxy) is 1. The summed E-state index contributed by atoms with van der Waals surface area (Å²) >= 11 is 2.71. The summed E-state index contributed by atoms with van der Waals surface area (Å²) in [6, 6.07) is 14.5. The SMILES string of the molecule is Cc1cccc(NC(=O)c2ccccc2NC(=O)CSc2nnc(NC[C@H]3CCCO3)s2)c1. The summed E-state index contributed by atoms with van der Waals surface area (Å²) in [5.74, 6) is -0.344. The molecule has 1 atom stereocenters. The number of para-hydroxylation sites is 1. The molecule has 2 aromatic carbocycles. The summed E-state index contributed by atoms with van der Waals surface area (Å²) in [5.41, 5.74) is 2.61. The molecule has 0 unspecified atom stereocenters. The molecule has 4 rings (SSSR count). The van der Waals surface area contributed by atoms with E-state index < -0.39 is 0 Å². The van der Waals surface area contributed by atoms with Gasteiger partial charge in [-0.2, -0.15) is 0 Å². The van der Waals surface area contributed by atoms with Gasteiger partial charge in [-0.1, -0.05) is 47.4 Å². The Hall–Kier alpha value is -2.95. The van der Waals surface area contributed by atoms with E-state index in [-0.39, 0.29) is 23.7 Å². The average Bonchev–Trinajstić information content (AvgIpc) is 3.49. The molecule has 0 saturated carbocycles. The van der Waals surface area contributed by atoms with E-state index >= 15 is 0 Å². The fraction of sp³-hybridized carbons (Fsp3) is 0.304. The zero-order valence-corrected chi connectivity index (χ0v) is 19.8. The molecule has 3 N–H and O–H groups in total. The third kappa shape index (κ3) is 6.77. The van der Waals surface area contributed by atoms with Crippen LogP contribution in [0.15, 0.2) is 52.9 Å². The van der Waals surface area contributed by atoms with E-state index in [0.717, 1.165) is 25.0 Å². The number of aromatic nitrogens is 2. The van der Waals surface area contributed by atoms with Crippen LogP contribution in [0.2, 0.25) is 0 Å². The van der Waals surface area contributed by atoms with E-state index in [1.165, 1.54) is 23.1 Å². The van der Waals surface area contributed by atoms with Crippen LogP contribution in [-0.2, 0) is 9.53 Å². The van der Waals surface area contributed by atoms with Crippen molar-refractivity contribution in [2.75, 3.05) is 34.9 Å². The highest BCUT2D eigenvalue weighted by Gasteiger charge is 2.17. The maximum Gasteiger partial charge on any atom is 0.257 e. The lowest BCUT2D eigenvalue weighted by Gasteiger charge is -2.11. The summed E-state index contributed by atoms with van der Waals surface area (Å²) < 4.78 is 6.29. The van der Waals surface area contributed by atoms with Crippen LogP contribution < -0.4 is 16.0 Å². The molecule has 2 amide bonds. The van der Waals surface area contributed by atoms with Gasteiger partial charge in [0.05, 0.1) is 23.1 Å².